The number of hydrogen-bond acceptors (Lipinski definition) is 3. The van der Waals surface area contributed by atoms with Crippen LogP contribution in [0.15, 0.2) is 24.5 Å². The fourth-order valence-corrected chi connectivity index (χ4v) is 1.02. The van der Waals surface area contributed by atoms with Gasteiger partial charge in [-0.15, -0.1) is 0 Å². The van der Waals surface area contributed by atoms with E-state index in [1.807, 2.05) is 0 Å². The van der Waals surface area contributed by atoms with E-state index in [0.29, 0.717) is 5.56 Å². The third-order valence-corrected chi connectivity index (χ3v) is 1.61. The van der Waals surface area contributed by atoms with Gasteiger partial charge in [0.25, 0.3) is 0 Å². The van der Waals surface area contributed by atoms with Gasteiger partial charge in [-0.1, -0.05) is 0 Å². The number of nitrogens with zero attached hydrogens (tertiary/aromatic N) is 1. The topological polar surface area (TPSA) is 99.1 Å². The van der Waals surface area contributed by atoms with Crippen molar-refractivity contribution in [2.45, 2.75) is 5.92 Å². The number of aromatic nitrogens is 1. The first-order chi connectivity index (χ1) is 6.13. The van der Waals surface area contributed by atoms with Gasteiger partial charge in [-0.3, -0.25) is 14.6 Å². The molecule has 68 valence electrons. The molecule has 0 unspecified atom stereocenters. The van der Waals surface area contributed by atoms with Crippen LogP contribution in [0.4, 0.5) is 0 Å². The predicted octanol–water partition coefficient (Wildman–Crippen LogP) is -0.864. The van der Waals surface area contributed by atoms with Crippen molar-refractivity contribution in [3.05, 3.63) is 30.1 Å². The number of primary amides is 2. The summed E-state index contributed by atoms with van der Waals surface area (Å²) in [7, 11) is 0. The zero-order valence-corrected chi connectivity index (χ0v) is 6.81. The van der Waals surface area contributed by atoms with E-state index in [1.165, 1.54) is 24.5 Å². The highest BCUT2D eigenvalue weighted by Gasteiger charge is 2.23. The standard InChI is InChI=1S/C8H9N3O2/c9-7(12)6(8(10)13)5-1-3-11-4-2-5/h1-4,6H,(H2,9,12)(H2,10,13). The summed E-state index contributed by atoms with van der Waals surface area (Å²) in [4.78, 5) is 25.4. The highest BCUT2D eigenvalue weighted by molar-refractivity contribution is 6.04. The van der Waals surface area contributed by atoms with Crippen LogP contribution in [0.1, 0.15) is 11.5 Å². The van der Waals surface area contributed by atoms with E-state index in [2.05, 4.69) is 4.98 Å². The number of nitrogens with two attached hydrogens (primary N) is 2. The third kappa shape index (κ3) is 2.02. The molecular formula is C8H9N3O2. The molecular weight excluding hydrogens is 170 g/mol. The molecule has 0 bridgehead atoms. The monoisotopic (exact) mass is 179 g/mol. The summed E-state index contributed by atoms with van der Waals surface area (Å²) in [6, 6.07) is 3.06. The Bertz CT molecular complexity index is 309. The summed E-state index contributed by atoms with van der Waals surface area (Å²) >= 11 is 0. The van der Waals surface area contributed by atoms with E-state index in [0.717, 1.165) is 0 Å². The molecule has 0 aliphatic rings. The van der Waals surface area contributed by atoms with E-state index in [9.17, 15) is 9.59 Å². The van der Waals surface area contributed by atoms with Crippen molar-refractivity contribution in [1.82, 2.24) is 4.98 Å². The molecule has 2 amide bonds. The number of carbonyl (C=O) groups excluding carboxylic acids is 2. The van der Waals surface area contributed by atoms with Crippen LogP contribution in [0.25, 0.3) is 0 Å². The highest BCUT2D eigenvalue weighted by atomic mass is 16.2. The Labute approximate surface area is 74.7 Å². The normalized spacial score (nSPS) is 9.92. The Morgan fingerprint density at radius 3 is 2.00 bits per heavy atom. The Hall–Kier alpha value is -1.91. The van der Waals surface area contributed by atoms with Crippen molar-refractivity contribution in [3.8, 4) is 0 Å². The molecule has 1 heterocycles. The fraction of sp³-hybridized carbons (Fsp3) is 0.125. The minimum atomic E-state index is -1.07. The molecule has 0 aromatic carbocycles. The van der Waals surface area contributed by atoms with Gasteiger partial charge in [0.05, 0.1) is 0 Å². The molecule has 1 rings (SSSR count). The summed E-state index contributed by atoms with van der Waals surface area (Å²) in [5.74, 6) is -2.57. The molecule has 0 aliphatic heterocycles. The van der Waals surface area contributed by atoms with Crippen LogP contribution in [0.3, 0.4) is 0 Å². The number of pyridine rings is 1. The van der Waals surface area contributed by atoms with Crippen LogP contribution >= 0.6 is 0 Å². The van der Waals surface area contributed by atoms with Gasteiger partial charge in [0, 0.05) is 12.4 Å². The van der Waals surface area contributed by atoms with Crippen molar-refractivity contribution in [2.24, 2.45) is 11.5 Å². The van der Waals surface area contributed by atoms with Gasteiger partial charge in [-0.25, -0.2) is 0 Å². The Balaban J connectivity index is 3.03. The SMILES string of the molecule is NC(=O)C(C(N)=O)c1ccncc1. The Morgan fingerprint density at radius 1 is 1.15 bits per heavy atom. The molecule has 0 atom stereocenters. The van der Waals surface area contributed by atoms with E-state index in [4.69, 9.17) is 11.5 Å². The summed E-state index contributed by atoms with van der Waals surface area (Å²) in [5, 5.41) is 0. The van der Waals surface area contributed by atoms with Crippen LogP contribution in [0, 0.1) is 0 Å². The maximum absolute atomic E-state index is 10.8. The largest absolute Gasteiger partial charge is 0.369 e. The van der Waals surface area contributed by atoms with Gasteiger partial charge in [-0.05, 0) is 17.7 Å². The van der Waals surface area contributed by atoms with Gasteiger partial charge in [0.2, 0.25) is 11.8 Å². The molecule has 5 nitrogen and oxygen atoms in total. The summed E-state index contributed by atoms with van der Waals surface area (Å²) in [6.07, 6.45) is 2.93. The predicted molar refractivity (Wildman–Crippen MR) is 45.4 cm³/mol. The number of rotatable bonds is 3. The number of amides is 2. The zero-order valence-electron chi connectivity index (χ0n) is 6.81. The molecule has 0 aliphatic carbocycles. The lowest BCUT2D eigenvalue weighted by molar-refractivity contribution is -0.128. The smallest absolute Gasteiger partial charge is 0.234 e. The molecule has 0 spiro atoms. The lowest BCUT2D eigenvalue weighted by Gasteiger charge is -2.08. The van der Waals surface area contributed by atoms with E-state index in [1.54, 1.807) is 0 Å². The Morgan fingerprint density at radius 2 is 1.62 bits per heavy atom. The molecule has 4 N–H and O–H groups in total. The van der Waals surface area contributed by atoms with E-state index >= 15 is 0 Å². The quantitative estimate of drug-likeness (QED) is 0.590. The number of carbonyl (C=O) groups is 2. The molecule has 13 heavy (non-hydrogen) atoms. The van der Waals surface area contributed by atoms with E-state index < -0.39 is 17.7 Å². The van der Waals surface area contributed by atoms with Gasteiger partial charge < -0.3 is 11.5 Å². The molecule has 0 radical (unpaired) electrons. The Kier molecular flexibility index (Phi) is 2.59. The fourth-order valence-electron chi connectivity index (χ4n) is 1.02. The summed E-state index contributed by atoms with van der Waals surface area (Å²) in [6.45, 7) is 0. The van der Waals surface area contributed by atoms with Crippen molar-refractivity contribution in [1.29, 1.82) is 0 Å². The first-order valence-corrected chi connectivity index (χ1v) is 3.61. The van der Waals surface area contributed by atoms with Crippen molar-refractivity contribution >= 4 is 11.8 Å². The lowest BCUT2D eigenvalue weighted by atomic mass is 9.99. The lowest BCUT2D eigenvalue weighted by Crippen LogP contribution is -2.32. The molecule has 1 aromatic rings. The molecule has 0 fully saturated rings. The molecule has 5 heteroatoms. The average molecular weight is 179 g/mol. The van der Waals surface area contributed by atoms with Crippen LogP contribution in [-0.4, -0.2) is 16.8 Å². The van der Waals surface area contributed by atoms with Crippen LogP contribution in [0.5, 0.6) is 0 Å². The van der Waals surface area contributed by atoms with Crippen molar-refractivity contribution in [2.75, 3.05) is 0 Å². The second-order valence-corrected chi connectivity index (χ2v) is 2.52. The van der Waals surface area contributed by atoms with Crippen LogP contribution in [0.2, 0.25) is 0 Å². The number of hydrogen-bond donors (Lipinski definition) is 2. The van der Waals surface area contributed by atoms with Crippen molar-refractivity contribution in [3.63, 3.8) is 0 Å². The van der Waals surface area contributed by atoms with Gasteiger partial charge in [-0.2, -0.15) is 0 Å². The van der Waals surface area contributed by atoms with E-state index in [-0.39, 0.29) is 0 Å². The molecule has 1 aromatic heterocycles. The summed E-state index contributed by atoms with van der Waals surface area (Å²) < 4.78 is 0. The van der Waals surface area contributed by atoms with Crippen LogP contribution < -0.4 is 11.5 Å². The van der Waals surface area contributed by atoms with Gasteiger partial charge in [0.1, 0.15) is 5.92 Å². The minimum Gasteiger partial charge on any atom is -0.369 e. The second-order valence-electron chi connectivity index (χ2n) is 2.52. The first-order valence-electron chi connectivity index (χ1n) is 3.61. The molecule has 0 saturated heterocycles. The molecule has 0 saturated carbocycles. The second kappa shape index (κ2) is 3.66. The maximum atomic E-state index is 10.8. The minimum absolute atomic E-state index is 0.468. The first kappa shape index (κ1) is 9.18. The highest BCUT2D eigenvalue weighted by Crippen LogP contribution is 2.12. The van der Waals surface area contributed by atoms with Crippen LogP contribution in [-0.2, 0) is 9.59 Å². The zero-order chi connectivity index (χ0) is 9.84. The average Bonchev–Trinajstić information content (AvgIpc) is 2.04. The summed E-state index contributed by atoms with van der Waals surface area (Å²) in [5.41, 5.74) is 10.5. The van der Waals surface area contributed by atoms with Gasteiger partial charge >= 0.3 is 0 Å². The maximum Gasteiger partial charge on any atom is 0.234 e. The van der Waals surface area contributed by atoms with Gasteiger partial charge in [0.15, 0.2) is 0 Å². The van der Waals surface area contributed by atoms with Crippen molar-refractivity contribution < 1.29 is 9.59 Å². The third-order valence-electron chi connectivity index (χ3n) is 1.61.